The summed E-state index contributed by atoms with van der Waals surface area (Å²) in [6.45, 7) is 8.15. The number of nitrogens with zero attached hydrogens (tertiary/aromatic N) is 1. The Morgan fingerprint density at radius 2 is 2.00 bits per heavy atom. The molecule has 2 aromatic rings. The van der Waals surface area contributed by atoms with Crippen LogP contribution in [-0.2, 0) is 11.3 Å². The van der Waals surface area contributed by atoms with E-state index < -0.39 is 0 Å². The standard InChI is InChI=1S/C20H28N2O2S/c1-6-7-10-22(4)12-16-17(15-9-8-13(2)14(3)11-15)18(19(21)25-16)20(23)24-5/h8-9,11H,6-7,10,12,21H2,1-5H3. The summed E-state index contributed by atoms with van der Waals surface area (Å²) in [7, 11) is 3.50. The van der Waals surface area contributed by atoms with Gasteiger partial charge in [-0.05, 0) is 50.6 Å². The number of carbonyl (C=O) groups is 1. The van der Waals surface area contributed by atoms with Gasteiger partial charge in [0.1, 0.15) is 10.6 Å². The molecule has 136 valence electrons. The number of rotatable bonds is 7. The van der Waals surface area contributed by atoms with Gasteiger partial charge in [-0.15, -0.1) is 11.3 Å². The van der Waals surface area contributed by atoms with Crippen LogP contribution in [0.2, 0.25) is 0 Å². The fraction of sp³-hybridized carbons (Fsp3) is 0.450. The Morgan fingerprint density at radius 3 is 2.60 bits per heavy atom. The third-order valence-corrected chi connectivity index (χ3v) is 5.50. The van der Waals surface area contributed by atoms with E-state index in [0.717, 1.165) is 41.9 Å². The Morgan fingerprint density at radius 1 is 1.28 bits per heavy atom. The van der Waals surface area contributed by atoms with Gasteiger partial charge < -0.3 is 15.4 Å². The van der Waals surface area contributed by atoms with E-state index in [1.807, 2.05) is 0 Å². The number of nitrogens with two attached hydrogens (primary N) is 1. The zero-order valence-electron chi connectivity index (χ0n) is 15.8. The second-order valence-electron chi connectivity index (χ2n) is 6.52. The van der Waals surface area contributed by atoms with Crippen LogP contribution in [0.3, 0.4) is 0 Å². The van der Waals surface area contributed by atoms with Crippen LogP contribution in [0.4, 0.5) is 5.00 Å². The Labute approximate surface area is 154 Å². The average molecular weight is 361 g/mol. The molecule has 2 rings (SSSR count). The first-order valence-corrected chi connectivity index (χ1v) is 9.46. The van der Waals surface area contributed by atoms with Crippen LogP contribution in [0.15, 0.2) is 18.2 Å². The SMILES string of the molecule is CCCCN(C)Cc1sc(N)c(C(=O)OC)c1-c1ccc(C)c(C)c1. The summed E-state index contributed by atoms with van der Waals surface area (Å²) in [5.74, 6) is -0.371. The molecule has 0 spiro atoms. The molecule has 0 atom stereocenters. The quantitative estimate of drug-likeness (QED) is 0.731. The maximum atomic E-state index is 12.3. The normalized spacial score (nSPS) is 11.1. The molecule has 2 N–H and O–H groups in total. The maximum Gasteiger partial charge on any atom is 0.341 e. The minimum absolute atomic E-state index is 0.371. The fourth-order valence-corrected chi connectivity index (χ4v) is 4.03. The van der Waals surface area contributed by atoms with E-state index in [-0.39, 0.29) is 5.97 Å². The number of methoxy groups -OCH3 is 1. The lowest BCUT2D eigenvalue weighted by Crippen LogP contribution is -2.18. The summed E-state index contributed by atoms with van der Waals surface area (Å²) < 4.78 is 4.99. The molecule has 1 heterocycles. The summed E-state index contributed by atoms with van der Waals surface area (Å²) in [6, 6.07) is 6.27. The molecule has 0 bridgehead atoms. The predicted octanol–water partition coefficient (Wildman–Crippen LogP) is 4.63. The molecule has 0 unspecified atom stereocenters. The van der Waals surface area contributed by atoms with Crippen molar-refractivity contribution in [1.82, 2.24) is 4.90 Å². The Hall–Kier alpha value is -1.85. The van der Waals surface area contributed by atoms with Gasteiger partial charge in [-0.3, -0.25) is 0 Å². The third-order valence-electron chi connectivity index (χ3n) is 4.50. The highest BCUT2D eigenvalue weighted by Gasteiger charge is 2.24. The molecule has 0 aliphatic heterocycles. The minimum Gasteiger partial charge on any atom is -0.465 e. The van der Waals surface area contributed by atoms with Gasteiger partial charge in [-0.25, -0.2) is 4.79 Å². The van der Waals surface area contributed by atoms with Gasteiger partial charge in [0.05, 0.1) is 7.11 Å². The number of thiophene rings is 1. The topological polar surface area (TPSA) is 55.6 Å². The van der Waals surface area contributed by atoms with E-state index in [1.54, 1.807) is 0 Å². The second-order valence-corrected chi connectivity index (χ2v) is 7.66. The lowest BCUT2D eigenvalue weighted by molar-refractivity contribution is 0.0603. The van der Waals surface area contributed by atoms with Gasteiger partial charge in [0.25, 0.3) is 0 Å². The van der Waals surface area contributed by atoms with Gasteiger partial charge in [0.15, 0.2) is 0 Å². The number of hydrogen-bond acceptors (Lipinski definition) is 5. The van der Waals surface area contributed by atoms with E-state index in [1.165, 1.54) is 29.6 Å². The van der Waals surface area contributed by atoms with Crippen molar-refractivity contribution in [3.63, 3.8) is 0 Å². The number of ether oxygens (including phenoxy) is 1. The predicted molar refractivity (Wildman–Crippen MR) is 106 cm³/mol. The average Bonchev–Trinajstić information content (AvgIpc) is 2.90. The number of carbonyl (C=O) groups excluding carboxylic acids is 1. The number of nitrogen functional groups attached to an aromatic ring is 1. The molecule has 0 aliphatic rings. The molecule has 0 amide bonds. The Balaban J connectivity index is 2.52. The van der Waals surface area contributed by atoms with Crippen LogP contribution in [0, 0.1) is 13.8 Å². The van der Waals surface area contributed by atoms with Gasteiger partial charge in [-0.2, -0.15) is 0 Å². The van der Waals surface area contributed by atoms with Crippen molar-refractivity contribution in [2.45, 2.75) is 40.2 Å². The molecule has 1 aromatic carbocycles. The number of unbranched alkanes of at least 4 members (excludes halogenated alkanes) is 1. The largest absolute Gasteiger partial charge is 0.465 e. The molecule has 4 nitrogen and oxygen atoms in total. The van der Waals surface area contributed by atoms with Crippen molar-refractivity contribution < 1.29 is 9.53 Å². The van der Waals surface area contributed by atoms with E-state index in [9.17, 15) is 4.79 Å². The van der Waals surface area contributed by atoms with E-state index in [4.69, 9.17) is 10.5 Å². The lowest BCUT2D eigenvalue weighted by atomic mass is 9.97. The highest BCUT2D eigenvalue weighted by atomic mass is 32.1. The highest BCUT2D eigenvalue weighted by molar-refractivity contribution is 7.17. The molecule has 1 aromatic heterocycles. The van der Waals surface area contributed by atoms with Crippen LogP contribution >= 0.6 is 11.3 Å². The maximum absolute atomic E-state index is 12.3. The highest BCUT2D eigenvalue weighted by Crippen LogP contribution is 2.40. The van der Waals surface area contributed by atoms with Crippen LogP contribution in [-0.4, -0.2) is 31.6 Å². The smallest absolute Gasteiger partial charge is 0.341 e. The third kappa shape index (κ3) is 4.41. The molecule has 25 heavy (non-hydrogen) atoms. The number of esters is 1. The minimum atomic E-state index is -0.371. The summed E-state index contributed by atoms with van der Waals surface area (Å²) >= 11 is 1.49. The monoisotopic (exact) mass is 360 g/mol. The first kappa shape index (κ1) is 19.5. The van der Waals surface area contributed by atoms with Crippen molar-refractivity contribution in [2.24, 2.45) is 0 Å². The summed E-state index contributed by atoms with van der Waals surface area (Å²) in [6.07, 6.45) is 2.31. The van der Waals surface area contributed by atoms with Crippen molar-refractivity contribution in [2.75, 3.05) is 26.4 Å². The summed E-state index contributed by atoms with van der Waals surface area (Å²) in [4.78, 5) is 15.7. The first-order chi connectivity index (χ1) is 11.9. The molecular formula is C20H28N2O2S. The van der Waals surface area contributed by atoms with Gasteiger partial charge >= 0.3 is 5.97 Å². The van der Waals surface area contributed by atoms with Gasteiger partial charge in [0.2, 0.25) is 0 Å². The van der Waals surface area contributed by atoms with Crippen LogP contribution in [0.25, 0.3) is 11.1 Å². The van der Waals surface area contributed by atoms with Crippen LogP contribution in [0.5, 0.6) is 0 Å². The lowest BCUT2D eigenvalue weighted by Gasteiger charge is -2.17. The van der Waals surface area contributed by atoms with Crippen molar-refractivity contribution in [1.29, 1.82) is 0 Å². The number of anilines is 1. The van der Waals surface area contributed by atoms with E-state index in [2.05, 4.69) is 50.9 Å². The molecule has 0 saturated carbocycles. The molecule has 0 fully saturated rings. The zero-order valence-corrected chi connectivity index (χ0v) is 16.6. The van der Waals surface area contributed by atoms with Crippen molar-refractivity contribution in [3.05, 3.63) is 39.8 Å². The van der Waals surface area contributed by atoms with E-state index in [0.29, 0.717) is 10.6 Å². The number of aryl methyl sites for hydroxylation is 2. The van der Waals surface area contributed by atoms with Crippen LogP contribution < -0.4 is 5.73 Å². The van der Waals surface area contributed by atoms with Gasteiger partial charge in [0, 0.05) is 17.0 Å². The molecule has 0 aliphatic carbocycles. The summed E-state index contributed by atoms with van der Waals surface area (Å²) in [5, 5.41) is 0.527. The molecule has 5 heteroatoms. The number of hydrogen-bond donors (Lipinski definition) is 1. The van der Waals surface area contributed by atoms with Crippen molar-refractivity contribution in [3.8, 4) is 11.1 Å². The zero-order chi connectivity index (χ0) is 18.6. The Kier molecular flexibility index (Phi) is 6.62. The summed E-state index contributed by atoms with van der Waals surface area (Å²) in [5.41, 5.74) is 11.1. The fourth-order valence-electron chi connectivity index (χ4n) is 2.87. The van der Waals surface area contributed by atoms with E-state index >= 15 is 0 Å². The Bertz CT molecular complexity index is 752. The van der Waals surface area contributed by atoms with Gasteiger partial charge in [-0.1, -0.05) is 31.5 Å². The molecule has 0 saturated heterocycles. The first-order valence-electron chi connectivity index (χ1n) is 8.64. The van der Waals surface area contributed by atoms with Crippen LogP contribution in [0.1, 0.15) is 46.1 Å². The number of benzene rings is 1. The van der Waals surface area contributed by atoms with Crippen molar-refractivity contribution >= 4 is 22.3 Å². The second kappa shape index (κ2) is 8.50. The molecular weight excluding hydrogens is 332 g/mol. The molecule has 0 radical (unpaired) electrons.